The maximum Gasteiger partial charge on any atom is 0.195 e. The lowest BCUT2D eigenvalue weighted by Crippen LogP contribution is -2.04. The summed E-state index contributed by atoms with van der Waals surface area (Å²) in [6.45, 7) is 0. The van der Waals surface area contributed by atoms with Gasteiger partial charge in [-0.2, -0.15) is 0 Å². The summed E-state index contributed by atoms with van der Waals surface area (Å²) in [6.07, 6.45) is 0. The number of halogens is 4. The Balaban J connectivity index is 2.54. The molecule has 0 radical (unpaired) electrons. The molecule has 0 spiro atoms. The summed E-state index contributed by atoms with van der Waals surface area (Å²) in [5.74, 6) is -0.894. The largest absolute Gasteiger partial charge is 0.289 e. The van der Waals surface area contributed by atoms with Gasteiger partial charge in [-0.05, 0) is 36.4 Å². The Hall–Kier alpha value is -0.900. The number of hydrogen-bond donors (Lipinski definition) is 0. The topological polar surface area (TPSA) is 17.1 Å². The van der Waals surface area contributed by atoms with E-state index in [2.05, 4.69) is 15.9 Å². The van der Waals surface area contributed by atoms with Crippen molar-refractivity contribution in [2.45, 2.75) is 0 Å². The third kappa shape index (κ3) is 2.74. The van der Waals surface area contributed by atoms with Gasteiger partial charge in [0, 0.05) is 20.6 Å². The van der Waals surface area contributed by atoms with Gasteiger partial charge in [-0.1, -0.05) is 39.1 Å². The summed E-state index contributed by atoms with van der Waals surface area (Å²) >= 11 is 15.0. The minimum atomic E-state index is -0.513. The summed E-state index contributed by atoms with van der Waals surface area (Å²) in [4.78, 5) is 12.3. The van der Waals surface area contributed by atoms with E-state index in [1.54, 1.807) is 12.1 Å². The molecule has 0 fully saturated rings. The molecule has 0 atom stereocenters. The van der Waals surface area contributed by atoms with Crippen molar-refractivity contribution < 1.29 is 9.18 Å². The first-order chi connectivity index (χ1) is 8.49. The quantitative estimate of drug-likeness (QED) is 0.688. The Morgan fingerprint density at radius 1 is 1.06 bits per heavy atom. The second kappa shape index (κ2) is 5.39. The number of carbonyl (C=O) groups is 1. The first-order valence-corrected chi connectivity index (χ1v) is 6.49. The predicted molar refractivity (Wildman–Crippen MR) is 74.0 cm³/mol. The molecule has 0 aliphatic carbocycles. The van der Waals surface area contributed by atoms with Gasteiger partial charge in [0.25, 0.3) is 0 Å². The zero-order valence-corrected chi connectivity index (χ0v) is 12.0. The summed E-state index contributed by atoms with van der Waals surface area (Å²) < 4.78 is 13.7. The van der Waals surface area contributed by atoms with Crippen molar-refractivity contribution in [3.8, 4) is 0 Å². The summed E-state index contributed by atoms with van der Waals surface area (Å²) in [5.41, 5.74) is 0.453. The van der Waals surface area contributed by atoms with Crippen LogP contribution in [0.15, 0.2) is 40.9 Å². The summed E-state index contributed by atoms with van der Waals surface area (Å²) in [7, 11) is 0. The van der Waals surface area contributed by atoms with Crippen molar-refractivity contribution in [1.29, 1.82) is 0 Å². The minimum absolute atomic E-state index is 0.111. The van der Waals surface area contributed by atoms with Gasteiger partial charge in [0.1, 0.15) is 5.82 Å². The number of ketones is 1. The van der Waals surface area contributed by atoms with E-state index in [4.69, 9.17) is 23.2 Å². The first-order valence-electron chi connectivity index (χ1n) is 4.94. The highest BCUT2D eigenvalue weighted by Crippen LogP contribution is 2.27. The van der Waals surface area contributed by atoms with E-state index in [0.29, 0.717) is 15.1 Å². The van der Waals surface area contributed by atoms with Crippen LogP contribution in [-0.4, -0.2) is 5.78 Å². The number of carbonyl (C=O) groups excluding carboxylic acids is 1. The highest BCUT2D eigenvalue weighted by Gasteiger charge is 2.16. The molecule has 1 nitrogen and oxygen atoms in total. The smallest absolute Gasteiger partial charge is 0.195 e. The van der Waals surface area contributed by atoms with Crippen LogP contribution in [0.1, 0.15) is 15.9 Å². The Morgan fingerprint density at radius 3 is 2.50 bits per heavy atom. The molecule has 18 heavy (non-hydrogen) atoms. The number of benzene rings is 2. The van der Waals surface area contributed by atoms with Crippen molar-refractivity contribution in [3.63, 3.8) is 0 Å². The molecule has 92 valence electrons. The normalized spacial score (nSPS) is 10.4. The second-order valence-electron chi connectivity index (χ2n) is 3.58. The molecule has 0 aliphatic rings. The average Bonchev–Trinajstić information content (AvgIpc) is 2.34. The molecular formula is C13H6BrCl2FO. The van der Waals surface area contributed by atoms with Gasteiger partial charge in [-0.15, -0.1) is 0 Å². The summed E-state index contributed by atoms with van der Waals surface area (Å²) in [6, 6.07) is 8.47. The summed E-state index contributed by atoms with van der Waals surface area (Å²) in [5, 5.41) is 0.627. The third-order valence-electron chi connectivity index (χ3n) is 2.35. The zero-order chi connectivity index (χ0) is 13.3. The van der Waals surface area contributed by atoms with E-state index in [1.807, 2.05) is 0 Å². The SMILES string of the molecule is O=C(c1cc(F)ccc1Cl)c1cc(Cl)ccc1Br. The van der Waals surface area contributed by atoms with Crippen LogP contribution in [0.25, 0.3) is 0 Å². The molecule has 0 aliphatic heterocycles. The molecule has 0 saturated heterocycles. The van der Waals surface area contributed by atoms with E-state index in [9.17, 15) is 9.18 Å². The molecule has 0 saturated carbocycles. The monoisotopic (exact) mass is 346 g/mol. The van der Waals surface area contributed by atoms with E-state index in [-0.39, 0.29) is 16.4 Å². The van der Waals surface area contributed by atoms with Crippen LogP contribution < -0.4 is 0 Å². The van der Waals surface area contributed by atoms with Gasteiger partial charge in [-0.3, -0.25) is 4.79 Å². The lowest BCUT2D eigenvalue weighted by atomic mass is 10.0. The maximum atomic E-state index is 13.2. The van der Waals surface area contributed by atoms with Crippen LogP contribution in [0.2, 0.25) is 10.0 Å². The molecule has 0 bridgehead atoms. The molecule has 0 amide bonds. The molecule has 2 rings (SSSR count). The van der Waals surface area contributed by atoms with E-state index < -0.39 is 5.82 Å². The van der Waals surface area contributed by atoms with Crippen molar-refractivity contribution in [2.24, 2.45) is 0 Å². The van der Waals surface area contributed by atoms with Gasteiger partial charge in [0.05, 0.1) is 5.02 Å². The van der Waals surface area contributed by atoms with Gasteiger partial charge in [0.15, 0.2) is 5.78 Å². The number of rotatable bonds is 2. The molecule has 5 heteroatoms. The van der Waals surface area contributed by atoms with Gasteiger partial charge in [-0.25, -0.2) is 4.39 Å². The Bertz CT molecular complexity index is 575. The molecule has 0 heterocycles. The van der Waals surface area contributed by atoms with E-state index >= 15 is 0 Å². The van der Waals surface area contributed by atoms with Gasteiger partial charge in [0.2, 0.25) is 0 Å². The lowest BCUT2D eigenvalue weighted by molar-refractivity contribution is 0.103. The Kier molecular flexibility index (Phi) is 4.05. The predicted octanol–water partition coefficient (Wildman–Crippen LogP) is 5.13. The van der Waals surface area contributed by atoms with Crippen LogP contribution in [0.5, 0.6) is 0 Å². The van der Waals surface area contributed by atoms with Gasteiger partial charge >= 0.3 is 0 Å². The fourth-order valence-corrected chi connectivity index (χ4v) is 2.29. The van der Waals surface area contributed by atoms with Crippen LogP contribution in [-0.2, 0) is 0 Å². The highest BCUT2D eigenvalue weighted by molar-refractivity contribution is 9.10. The molecule has 0 aromatic heterocycles. The van der Waals surface area contributed by atoms with Crippen molar-refractivity contribution in [2.75, 3.05) is 0 Å². The average molecular weight is 348 g/mol. The van der Waals surface area contributed by atoms with Gasteiger partial charge < -0.3 is 0 Å². The fraction of sp³-hybridized carbons (Fsp3) is 0. The van der Waals surface area contributed by atoms with Crippen LogP contribution in [0.3, 0.4) is 0 Å². The van der Waals surface area contributed by atoms with E-state index in [0.717, 1.165) is 6.07 Å². The zero-order valence-electron chi connectivity index (χ0n) is 8.88. The second-order valence-corrected chi connectivity index (χ2v) is 5.28. The van der Waals surface area contributed by atoms with Crippen LogP contribution in [0, 0.1) is 5.82 Å². The standard InChI is InChI=1S/C13H6BrCl2FO/c14-11-3-1-7(15)5-9(11)13(18)10-6-8(17)2-4-12(10)16/h1-6H. The van der Waals surface area contributed by atoms with Crippen molar-refractivity contribution >= 4 is 44.9 Å². The van der Waals surface area contributed by atoms with Crippen LogP contribution >= 0.6 is 39.1 Å². The Labute approximate surface area is 122 Å². The Morgan fingerprint density at radius 2 is 1.78 bits per heavy atom. The highest BCUT2D eigenvalue weighted by atomic mass is 79.9. The lowest BCUT2D eigenvalue weighted by Gasteiger charge is -2.06. The fourth-order valence-electron chi connectivity index (χ4n) is 1.49. The first kappa shape index (κ1) is 13.5. The van der Waals surface area contributed by atoms with Crippen molar-refractivity contribution in [1.82, 2.24) is 0 Å². The van der Waals surface area contributed by atoms with E-state index in [1.165, 1.54) is 18.2 Å². The van der Waals surface area contributed by atoms with Crippen LogP contribution in [0.4, 0.5) is 4.39 Å². The molecule has 0 N–H and O–H groups in total. The molecule has 2 aromatic rings. The third-order valence-corrected chi connectivity index (χ3v) is 3.60. The molecular weight excluding hydrogens is 342 g/mol. The molecule has 0 unspecified atom stereocenters. The molecule has 2 aromatic carbocycles. The maximum absolute atomic E-state index is 13.2. The van der Waals surface area contributed by atoms with Crippen molar-refractivity contribution in [3.05, 3.63) is 67.9 Å². The number of hydrogen-bond acceptors (Lipinski definition) is 1. The minimum Gasteiger partial charge on any atom is -0.289 e.